The topological polar surface area (TPSA) is 21.3 Å². The molecule has 3 rings (SSSR count). The molecule has 1 aliphatic heterocycles. The van der Waals surface area contributed by atoms with Gasteiger partial charge in [0, 0.05) is 23.5 Å². The molecule has 1 atom stereocenters. The molecular formula is C16H16BrNO. The van der Waals surface area contributed by atoms with E-state index < -0.39 is 0 Å². The lowest BCUT2D eigenvalue weighted by Gasteiger charge is -2.26. The van der Waals surface area contributed by atoms with Crippen molar-refractivity contribution in [2.24, 2.45) is 0 Å². The van der Waals surface area contributed by atoms with Gasteiger partial charge in [0.2, 0.25) is 0 Å². The maximum absolute atomic E-state index is 5.90. The largest absolute Gasteiger partial charge is 0.493 e. The van der Waals surface area contributed by atoms with Crippen LogP contribution >= 0.6 is 15.9 Å². The molecule has 19 heavy (non-hydrogen) atoms. The minimum Gasteiger partial charge on any atom is -0.493 e. The van der Waals surface area contributed by atoms with Crippen molar-refractivity contribution in [2.75, 3.05) is 13.2 Å². The molecule has 2 nitrogen and oxygen atoms in total. The van der Waals surface area contributed by atoms with Crippen molar-refractivity contribution in [1.82, 2.24) is 5.32 Å². The van der Waals surface area contributed by atoms with Crippen LogP contribution in [-0.2, 0) is 6.54 Å². The molecule has 0 fully saturated rings. The zero-order chi connectivity index (χ0) is 13.1. The standard InChI is InChI=1S/C16H16BrNO/c17-14-5-7-15(8-6-14)19-11-13-10-18-9-12-3-1-2-4-16(12)13/h1-8,13,18H,9-11H2. The molecule has 0 amide bonds. The van der Waals surface area contributed by atoms with Crippen molar-refractivity contribution in [2.45, 2.75) is 12.5 Å². The van der Waals surface area contributed by atoms with Gasteiger partial charge >= 0.3 is 0 Å². The average molecular weight is 318 g/mol. The van der Waals surface area contributed by atoms with Crippen LogP contribution in [0.2, 0.25) is 0 Å². The van der Waals surface area contributed by atoms with Crippen LogP contribution in [0.3, 0.4) is 0 Å². The lowest BCUT2D eigenvalue weighted by atomic mass is 9.91. The Kier molecular flexibility index (Phi) is 3.85. The van der Waals surface area contributed by atoms with Gasteiger partial charge in [0.25, 0.3) is 0 Å². The molecule has 98 valence electrons. The van der Waals surface area contributed by atoms with Crippen LogP contribution in [0.15, 0.2) is 53.0 Å². The third-order valence-electron chi connectivity index (χ3n) is 3.47. The predicted molar refractivity (Wildman–Crippen MR) is 80.5 cm³/mol. The summed E-state index contributed by atoms with van der Waals surface area (Å²) >= 11 is 3.43. The van der Waals surface area contributed by atoms with E-state index in [0.717, 1.165) is 23.3 Å². The SMILES string of the molecule is Brc1ccc(OCC2CNCc3ccccc32)cc1. The highest BCUT2D eigenvalue weighted by molar-refractivity contribution is 9.10. The summed E-state index contributed by atoms with van der Waals surface area (Å²) in [5, 5.41) is 3.45. The number of hydrogen-bond acceptors (Lipinski definition) is 2. The van der Waals surface area contributed by atoms with E-state index in [2.05, 4.69) is 45.5 Å². The van der Waals surface area contributed by atoms with E-state index in [0.29, 0.717) is 12.5 Å². The van der Waals surface area contributed by atoms with Gasteiger partial charge in [-0.3, -0.25) is 0 Å². The number of ether oxygens (including phenoxy) is 1. The van der Waals surface area contributed by atoms with Gasteiger partial charge in [-0.25, -0.2) is 0 Å². The Morgan fingerprint density at radius 2 is 1.89 bits per heavy atom. The highest BCUT2D eigenvalue weighted by atomic mass is 79.9. The molecule has 0 radical (unpaired) electrons. The number of halogens is 1. The summed E-state index contributed by atoms with van der Waals surface area (Å²) in [6.07, 6.45) is 0. The molecule has 0 spiro atoms. The van der Waals surface area contributed by atoms with E-state index >= 15 is 0 Å². The Balaban J connectivity index is 1.69. The second-order valence-corrected chi connectivity index (χ2v) is 5.71. The highest BCUT2D eigenvalue weighted by Gasteiger charge is 2.19. The summed E-state index contributed by atoms with van der Waals surface area (Å²) in [6, 6.07) is 16.6. The second kappa shape index (κ2) is 5.76. The Bertz CT molecular complexity index is 553. The van der Waals surface area contributed by atoms with E-state index in [1.807, 2.05) is 24.3 Å². The van der Waals surface area contributed by atoms with Gasteiger partial charge in [-0.1, -0.05) is 40.2 Å². The van der Waals surface area contributed by atoms with Crippen LogP contribution in [-0.4, -0.2) is 13.2 Å². The van der Waals surface area contributed by atoms with Crippen LogP contribution < -0.4 is 10.1 Å². The first kappa shape index (κ1) is 12.7. The zero-order valence-electron chi connectivity index (χ0n) is 10.6. The van der Waals surface area contributed by atoms with Crippen molar-refractivity contribution in [3.8, 4) is 5.75 Å². The van der Waals surface area contributed by atoms with Crippen molar-refractivity contribution >= 4 is 15.9 Å². The van der Waals surface area contributed by atoms with Gasteiger partial charge in [0.05, 0.1) is 6.61 Å². The van der Waals surface area contributed by atoms with Gasteiger partial charge in [-0.2, -0.15) is 0 Å². The first-order chi connectivity index (χ1) is 9.33. The van der Waals surface area contributed by atoms with E-state index in [4.69, 9.17) is 4.74 Å². The molecule has 3 heteroatoms. The lowest BCUT2D eigenvalue weighted by molar-refractivity contribution is 0.278. The number of nitrogens with one attached hydrogen (secondary N) is 1. The van der Waals surface area contributed by atoms with Crippen LogP contribution in [0.4, 0.5) is 0 Å². The summed E-state index contributed by atoms with van der Waals surface area (Å²) in [5.74, 6) is 1.35. The summed E-state index contributed by atoms with van der Waals surface area (Å²) in [6.45, 7) is 2.66. The maximum Gasteiger partial charge on any atom is 0.119 e. The van der Waals surface area contributed by atoms with Gasteiger partial charge < -0.3 is 10.1 Å². The minimum atomic E-state index is 0.425. The van der Waals surface area contributed by atoms with E-state index in [1.165, 1.54) is 11.1 Å². The van der Waals surface area contributed by atoms with Gasteiger partial charge in [0.1, 0.15) is 5.75 Å². The van der Waals surface area contributed by atoms with Crippen LogP contribution in [0.5, 0.6) is 5.75 Å². The van der Waals surface area contributed by atoms with E-state index in [9.17, 15) is 0 Å². The van der Waals surface area contributed by atoms with Crippen LogP contribution in [0.1, 0.15) is 17.0 Å². The minimum absolute atomic E-state index is 0.425. The molecule has 0 bridgehead atoms. The molecule has 1 heterocycles. The van der Waals surface area contributed by atoms with Gasteiger partial charge in [-0.05, 0) is 35.4 Å². The summed E-state index contributed by atoms with van der Waals surface area (Å²) < 4.78 is 6.97. The smallest absolute Gasteiger partial charge is 0.119 e. The molecule has 2 aromatic carbocycles. The summed E-state index contributed by atoms with van der Waals surface area (Å²) in [4.78, 5) is 0. The third kappa shape index (κ3) is 2.99. The molecule has 0 saturated carbocycles. The number of benzene rings is 2. The fourth-order valence-electron chi connectivity index (χ4n) is 2.46. The van der Waals surface area contributed by atoms with Crippen molar-refractivity contribution in [3.63, 3.8) is 0 Å². The molecule has 1 N–H and O–H groups in total. The molecule has 1 aliphatic rings. The average Bonchev–Trinajstić information content (AvgIpc) is 2.47. The fraction of sp³-hybridized carbons (Fsp3) is 0.250. The molecular weight excluding hydrogens is 302 g/mol. The van der Waals surface area contributed by atoms with Crippen molar-refractivity contribution in [1.29, 1.82) is 0 Å². The number of rotatable bonds is 3. The molecule has 2 aromatic rings. The Hall–Kier alpha value is -1.32. The van der Waals surface area contributed by atoms with Crippen LogP contribution in [0, 0.1) is 0 Å². The van der Waals surface area contributed by atoms with Gasteiger partial charge in [-0.15, -0.1) is 0 Å². The lowest BCUT2D eigenvalue weighted by Crippen LogP contribution is -2.31. The predicted octanol–water partition coefficient (Wildman–Crippen LogP) is 3.71. The highest BCUT2D eigenvalue weighted by Crippen LogP contribution is 2.25. The first-order valence-electron chi connectivity index (χ1n) is 6.50. The van der Waals surface area contributed by atoms with E-state index in [-0.39, 0.29) is 0 Å². The molecule has 1 unspecified atom stereocenters. The normalized spacial score (nSPS) is 17.8. The number of hydrogen-bond donors (Lipinski definition) is 1. The first-order valence-corrected chi connectivity index (χ1v) is 7.29. The quantitative estimate of drug-likeness (QED) is 0.931. The van der Waals surface area contributed by atoms with Gasteiger partial charge in [0.15, 0.2) is 0 Å². The van der Waals surface area contributed by atoms with Crippen LogP contribution in [0.25, 0.3) is 0 Å². The molecule has 0 saturated heterocycles. The summed E-state index contributed by atoms with van der Waals surface area (Å²) in [5.41, 5.74) is 2.80. The zero-order valence-corrected chi connectivity index (χ0v) is 12.2. The van der Waals surface area contributed by atoms with Crippen molar-refractivity contribution in [3.05, 3.63) is 64.1 Å². The summed E-state index contributed by atoms with van der Waals surface area (Å²) in [7, 11) is 0. The maximum atomic E-state index is 5.90. The fourth-order valence-corrected chi connectivity index (χ4v) is 2.73. The Morgan fingerprint density at radius 3 is 2.74 bits per heavy atom. The number of fused-ring (bicyclic) bond motifs is 1. The Morgan fingerprint density at radius 1 is 1.11 bits per heavy atom. The molecule has 0 aliphatic carbocycles. The third-order valence-corrected chi connectivity index (χ3v) is 3.99. The molecule has 0 aromatic heterocycles. The van der Waals surface area contributed by atoms with E-state index in [1.54, 1.807) is 0 Å². The van der Waals surface area contributed by atoms with Crippen molar-refractivity contribution < 1.29 is 4.74 Å². The second-order valence-electron chi connectivity index (χ2n) is 4.79. The Labute approximate surface area is 121 Å². The monoisotopic (exact) mass is 317 g/mol.